The quantitative estimate of drug-likeness (QED) is 0.499. The third-order valence-electron chi connectivity index (χ3n) is 2.25. The Morgan fingerprint density at radius 3 is 2.58 bits per heavy atom. The molecule has 0 aliphatic heterocycles. The molecular formula is C14H20N2O3. The van der Waals surface area contributed by atoms with Gasteiger partial charge in [0.25, 0.3) is 0 Å². The Balaban J connectivity index is 2.61. The summed E-state index contributed by atoms with van der Waals surface area (Å²) in [5, 5.41) is 14.3. The largest absolute Gasteiger partial charge is 0.444 e. The highest BCUT2D eigenvalue weighted by Gasteiger charge is 2.18. The molecule has 5 heteroatoms. The van der Waals surface area contributed by atoms with Gasteiger partial charge in [-0.25, -0.2) is 4.79 Å². The zero-order valence-corrected chi connectivity index (χ0v) is 11.5. The number of nitrogens with zero attached hydrogens (tertiary/aromatic N) is 1. The maximum Gasteiger partial charge on any atom is 0.408 e. The first kappa shape index (κ1) is 15.0. The zero-order valence-electron chi connectivity index (χ0n) is 11.5. The minimum absolute atomic E-state index is 0.415. The molecule has 0 aliphatic rings. The van der Waals surface area contributed by atoms with E-state index in [1.165, 1.54) is 6.21 Å². The van der Waals surface area contributed by atoms with Gasteiger partial charge in [-0.3, -0.25) is 0 Å². The van der Waals surface area contributed by atoms with Crippen molar-refractivity contribution in [2.24, 2.45) is 5.16 Å². The van der Waals surface area contributed by atoms with Gasteiger partial charge < -0.3 is 15.3 Å². The van der Waals surface area contributed by atoms with Crippen LogP contribution in [0.4, 0.5) is 4.79 Å². The van der Waals surface area contributed by atoms with Crippen LogP contribution in [0.15, 0.2) is 35.5 Å². The number of carbonyl (C=O) groups excluding carboxylic acids is 1. The molecule has 0 bridgehead atoms. The molecule has 0 saturated carbocycles. The SMILES string of the molecule is CC(C)(C)OC(=O)NC(C=NO)Cc1ccccc1. The molecule has 1 amide bonds. The lowest BCUT2D eigenvalue weighted by atomic mass is 10.1. The van der Waals surface area contributed by atoms with Crippen LogP contribution in [0.1, 0.15) is 26.3 Å². The fraction of sp³-hybridized carbons (Fsp3) is 0.429. The second-order valence-electron chi connectivity index (χ2n) is 5.21. The van der Waals surface area contributed by atoms with E-state index in [1.807, 2.05) is 30.3 Å². The molecule has 1 aromatic carbocycles. The lowest BCUT2D eigenvalue weighted by molar-refractivity contribution is 0.0518. The molecule has 0 aromatic heterocycles. The van der Waals surface area contributed by atoms with Crippen LogP contribution in [0, 0.1) is 0 Å². The highest BCUT2D eigenvalue weighted by atomic mass is 16.6. The number of amides is 1. The van der Waals surface area contributed by atoms with Crippen LogP contribution in [-0.2, 0) is 11.2 Å². The standard InChI is InChI=1S/C14H20N2O3/c1-14(2,3)19-13(17)16-12(10-15-18)9-11-7-5-4-6-8-11/h4-8,10,12,18H,9H2,1-3H3,(H,16,17). The van der Waals surface area contributed by atoms with Gasteiger partial charge >= 0.3 is 6.09 Å². The Kier molecular flexibility index (Phi) is 5.36. The van der Waals surface area contributed by atoms with Gasteiger partial charge in [-0.05, 0) is 32.8 Å². The number of benzene rings is 1. The molecule has 5 nitrogen and oxygen atoms in total. The van der Waals surface area contributed by atoms with Crippen LogP contribution in [0.2, 0.25) is 0 Å². The topological polar surface area (TPSA) is 70.9 Å². The fourth-order valence-electron chi connectivity index (χ4n) is 1.55. The van der Waals surface area contributed by atoms with Crippen molar-refractivity contribution < 1.29 is 14.7 Å². The van der Waals surface area contributed by atoms with Crippen molar-refractivity contribution in [1.82, 2.24) is 5.32 Å². The number of oxime groups is 1. The van der Waals surface area contributed by atoms with E-state index in [2.05, 4.69) is 10.5 Å². The second kappa shape index (κ2) is 6.78. The summed E-state index contributed by atoms with van der Waals surface area (Å²) < 4.78 is 5.16. The first-order chi connectivity index (χ1) is 8.90. The molecule has 0 heterocycles. The van der Waals surface area contributed by atoms with Gasteiger partial charge in [0.2, 0.25) is 0 Å². The van der Waals surface area contributed by atoms with Crippen LogP contribution in [0.3, 0.4) is 0 Å². The van der Waals surface area contributed by atoms with Gasteiger partial charge in [0.05, 0.1) is 12.3 Å². The number of rotatable bonds is 4. The number of ether oxygens (including phenoxy) is 1. The summed E-state index contributed by atoms with van der Waals surface area (Å²) in [4.78, 5) is 11.7. The maximum atomic E-state index is 11.7. The van der Waals surface area contributed by atoms with E-state index < -0.39 is 17.7 Å². The summed E-state index contributed by atoms with van der Waals surface area (Å²) in [6.45, 7) is 5.37. The molecule has 0 aliphatic carbocycles. The van der Waals surface area contributed by atoms with Crippen molar-refractivity contribution in [2.45, 2.75) is 38.8 Å². The van der Waals surface area contributed by atoms with E-state index in [4.69, 9.17) is 9.94 Å². The summed E-state index contributed by atoms with van der Waals surface area (Å²) in [6, 6.07) is 9.21. The summed E-state index contributed by atoms with van der Waals surface area (Å²) in [6.07, 6.45) is 1.27. The van der Waals surface area contributed by atoms with E-state index in [0.29, 0.717) is 6.42 Å². The highest BCUT2D eigenvalue weighted by molar-refractivity contribution is 5.75. The lowest BCUT2D eigenvalue weighted by Crippen LogP contribution is -2.41. The Labute approximate surface area is 113 Å². The summed E-state index contributed by atoms with van der Waals surface area (Å²) in [7, 11) is 0. The number of nitrogens with one attached hydrogen (secondary N) is 1. The molecule has 2 N–H and O–H groups in total. The monoisotopic (exact) mass is 264 g/mol. The zero-order chi connectivity index (χ0) is 14.3. The molecule has 0 fully saturated rings. The van der Waals surface area contributed by atoms with E-state index in [0.717, 1.165) is 5.56 Å². The van der Waals surface area contributed by atoms with Gasteiger partial charge in [0.1, 0.15) is 5.60 Å². The fourth-order valence-corrected chi connectivity index (χ4v) is 1.55. The van der Waals surface area contributed by atoms with Gasteiger partial charge in [-0.15, -0.1) is 0 Å². The van der Waals surface area contributed by atoms with Crippen LogP contribution < -0.4 is 5.32 Å². The second-order valence-corrected chi connectivity index (χ2v) is 5.21. The first-order valence-electron chi connectivity index (χ1n) is 6.12. The Morgan fingerprint density at radius 2 is 2.05 bits per heavy atom. The van der Waals surface area contributed by atoms with Crippen molar-refractivity contribution in [3.8, 4) is 0 Å². The van der Waals surface area contributed by atoms with Crippen LogP contribution in [0.25, 0.3) is 0 Å². The number of hydrogen-bond acceptors (Lipinski definition) is 4. The van der Waals surface area contributed by atoms with Gasteiger partial charge in [-0.2, -0.15) is 0 Å². The molecule has 0 radical (unpaired) electrons. The smallest absolute Gasteiger partial charge is 0.408 e. The predicted molar refractivity (Wildman–Crippen MR) is 73.6 cm³/mol. The van der Waals surface area contributed by atoms with Crippen molar-refractivity contribution in [3.63, 3.8) is 0 Å². The molecule has 1 rings (SSSR count). The summed E-state index contributed by atoms with van der Waals surface area (Å²) >= 11 is 0. The first-order valence-corrected chi connectivity index (χ1v) is 6.12. The normalized spacial score (nSPS) is 13.2. The third-order valence-corrected chi connectivity index (χ3v) is 2.25. The van der Waals surface area contributed by atoms with Crippen molar-refractivity contribution in [3.05, 3.63) is 35.9 Å². The molecule has 104 valence electrons. The molecule has 1 aromatic rings. The van der Waals surface area contributed by atoms with Gasteiger partial charge in [0, 0.05) is 0 Å². The molecule has 1 atom stereocenters. The van der Waals surface area contributed by atoms with Gasteiger partial charge in [-0.1, -0.05) is 35.5 Å². The van der Waals surface area contributed by atoms with Crippen LogP contribution in [-0.4, -0.2) is 29.2 Å². The molecule has 0 spiro atoms. The van der Waals surface area contributed by atoms with Crippen LogP contribution in [0.5, 0.6) is 0 Å². The third kappa shape index (κ3) is 6.45. The van der Waals surface area contributed by atoms with Crippen molar-refractivity contribution in [1.29, 1.82) is 0 Å². The Morgan fingerprint density at radius 1 is 1.42 bits per heavy atom. The molecule has 0 saturated heterocycles. The van der Waals surface area contributed by atoms with E-state index in [-0.39, 0.29) is 0 Å². The summed E-state index contributed by atoms with van der Waals surface area (Å²) in [5.41, 5.74) is 0.473. The predicted octanol–water partition coefficient (Wildman–Crippen LogP) is 2.58. The average molecular weight is 264 g/mol. The van der Waals surface area contributed by atoms with E-state index in [1.54, 1.807) is 20.8 Å². The molecular weight excluding hydrogens is 244 g/mol. The Hall–Kier alpha value is -2.04. The molecule has 1 unspecified atom stereocenters. The van der Waals surface area contributed by atoms with Crippen LogP contribution >= 0.6 is 0 Å². The molecule has 19 heavy (non-hydrogen) atoms. The van der Waals surface area contributed by atoms with Crippen molar-refractivity contribution in [2.75, 3.05) is 0 Å². The number of hydrogen-bond donors (Lipinski definition) is 2. The average Bonchev–Trinajstić information content (AvgIpc) is 2.27. The van der Waals surface area contributed by atoms with Crippen molar-refractivity contribution >= 4 is 12.3 Å². The minimum atomic E-state index is -0.558. The summed E-state index contributed by atoms with van der Waals surface area (Å²) in [5.74, 6) is 0. The number of carbonyl (C=O) groups is 1. The number of alkyl carbamates (subject to hydrolysis) is 1. The highest BCUT2D eigenvalue weighted by Crippen LogP contribution is 2.08. The lowest BCUT2D eigenvalue weighted by Gasteiger charge is -2.22. The Bertz CT molecular complexity index is 424. The minimum Gasteiger partial charge on any atom is -0.444 e. The van der Waals surface area contributed by atoms with E-state index in [9.17, 15) is 4.79 Å². The maximum absolute atomic E-state index is 11.7. The van der Waals surface area contributed by atoms with Gasteiger partial charge in [0.15, 0.2) is 0 Å². The van der Waals surface area contributed by atoms with E-state index >= 15 is 0 Å².